The monoisotopic (exact) mass is 444 g/mol. The topological polar surface area (TPSA) is 67.2 Å². The SMILES string of the molecule is CCCCn1nc(C)c(/C=C/C(=O)N2CCN(c3cc(C)nc(C(C)C)n3)CC2)c1Cl. The number of hydrogen-bond acceptors (Lipinski definition) is 5. The van der Waals surface area contributed by atoms with E-state index in [4.69, 9.17) is 16.6 Å². The Morgan fingerprint density at radius 1 is 1.19 bits per heavy atom. The smallest absolute Gasteiger partial charge is 0.246 e. The summed E-state index contributed by atoms with van der Waals surface area (Å²) in [5, 5.41) is 5.10. The quantitative estimate of drug-likeness (QED) is 0.598. The van der Waals surface area contributed by atoms with E-state index in [9.17, 15) is 4.79 Å². The predicted octanol–water partition coefficient (Wildman–Crippen LogP) is 4.23. The number of carbonyl (C=O) groups is 1. The lowest BCUT2D eigenvalue weighted by Crippen LogP contribution is -2.48. The zero-order valence-corrected chi connectivity index (χ0v) is 20.0. The van der Waals surface area contributed by atoms with Gasteiger partial charge < -0.3 is 9.80 Å². The molecule has 1 saturated heterocycles. The van der Waals surface area contributed by atoms with Gasteiger partial charge in [-0.25, -0.2) is 9.97 Å². The lowest BCUT2D eigenvalue weighted by Gasteiger charge is -2.35. The molecular weight excluding hydrogens is 412 g/mol. The molecule has 168 valence electrons. The summed E-state index contributed by atoms with van der Waals surface area (Å²) < 4.78 is 1.82. The van der Waals surface area contributed by atoms with Crippen LogP contribution in [0.3, 0.4) is 0 Å². The molecule has 0 spiro atoms. The number of hydrogen-bond donors (Lipinski definition) is 0. The number of anilines is 1. The van der Waals surface area contributed by atoms with Crippen LogP contribution in [-0.4, -0.2) is 56.7 Å². The number of rotatable bonds is 7. The zero-order valence-electron chi connectivity index (χ0n) is 19.2. The van der Waals surface area contributed by atoms with Crippen LogP contribution in [0.4, 0.5) is 5.82 Å². The third kappa shape index (κ3) is 5.64. The molecule has 0 unspecified atom stereocenters. The molecular formula is C23H33ClN6O. The lowest BCUT2D eigenvalue weighted by atomic mass is 10.2. The van der Waals surface area contributed by atoms with Crippen molar-refractivity contribution in [2.24, 2.45) is 0 Å². The standard InChI is InChI=1S/C23H33ClN6O/c1-6-7-10-30-22(24)19(18(5)27-30)8-9-21(31)29-13-11-28(12-14-29)20-15-17(4)25-23(26-20)16(2)3/h8-9,15-16H,6-7,10-14H2,1-5H3/b9-8+. The Morgan fingerprint density at radius 3 is 2.55 bits per heavy atom. The molecule has 1 aliphatic rings. The van der Waals surface area contributed by atoms with Gasteiger partial charge in [-0.1, -0.05) is 38.8 Å². The molecule has 0 radical (unpaired) electrons. The molecule has 3 heterocycles. The van der Waals surface area contributed by atoms with Crippen LogP contribution in [0.25, 0.3) is 6.08 Å². The molecule has 1 fully saturated rings. The highest BCUT2D eigenvalue weighted by molar-refractivity contribution is 6.31. The summed E-state index contributed by atoms with van der Waals surface area (Å²) in [6.07, 6.45) is 5.52. The summed E-state index contributed by atoms with van der Waals surface area (Å²) in [4.78, 5) is 26.1. The molecule has 31 heavy (non-hydrogen) atoms. The largest absolute Gasteiger partial charge is 0.353 e. The average molecular weight is 445 g/mol. The Labute approximate surface area is 190 Å². The van der Waals surface area contributed by atoms with E-state index in [2.05, 4.69) is 35.8 Å². The molecule has 0 saturated carbocycles. The first-order valence-electron chi connectivity index (χ1n) is 11.1. The summed E-state index contributed by atoms with van der Waals surface area (Å²) in [5.74, 6) is 2.09. The molecule has 7 nitrogen and oxygen atoms in total. The van der Waals surface area contributed by atoms with Gasteiger partial charge in [0.1, 0.15) is 16.8 Å². The van der Waals surface area contributed by atoms with Crippen LogP contribution in [0, 0.1) is 13.8 Å². The first kappa shape index (κ1) is 23.3. The molecule has 2 aromatic heterocycles. The predicted molar refractivity (Wildman–Crippen MR) is 126 cm³/mol. The van der Waals surface area contributed by atoms with Crippen molar-refractivity contribution in [2.45, 2.75) is 59.9 Å². The van der Waals surface area contributed by atoms with Gasteiger partial charge in [0, 0.05) is 62.0 Å². The Hall–Kier alpha value is -2.41. The fourth-order valence-corrected chi connectivity index (χ4v) is 3.95. The molecule has 3 rings (SSSR count). The van der Waals surface area contributed by atoms with Crippen LogP contribution in [0.2, 0.25) is 5.15 Å². The van der Waals surface area contributed by atoms with Crippen molar-refractivity contribution < 1.29 is 4.79 Å². The van der Waals surface area contributed by atoms with Gasteiger partial charge in [0.15, 0.2) is 0 Å². The molecule has 2 aromatic rings. The summed E-state index contributed by atoms with van der Waals surface area (Å²) >= 11 is 6.47. The number of amides is 1. The Balaban J connectivity index is 1.62. The molecule has 0 atom stereocenters. The van der Waals surface area contributed by atoms with E-state index in [1.165, 1.54) is 0 Å². The first-order valence-corrected chi connectivity index (χ1v) is 11.5. The number of unbranched alkanes of at least 4 members (excludes halogenated alkanes) is 1. The molecule has 1 amide bonds. The second kappa shape index (κ2) is 10.3. The number of nitrogens with zero attached hydrogens (tertiary/aromatic N) is 6. The number of halogens is 1. The van der Waals surface area contributed by atoms with Gasteiger partial charge in [-0.3, -0.25) is 9.48 Å². The molecule has 8 heteroatoms. The molecule has 0 aliphatic carbocycles. The highest BCUT2D eigenvalue weighted by Crippen LogP contribution is 2.22. The number of aromatic nitrogens is 4. The van der Waals surface area contributed by atoms with Crippen LogP contribution >= 0.6 is 11.6 Å². The van der Waals surface area contributed by atoms with Gasteiger partial charge in [0.05, 0.1) is 5.69 Å². The van der Waals surface area contributed by atoms with Gasteiger partial charge in [-0.15, -0.1) is 0 Å². The Kier molecular flexibility index (Phi) is 7.70. The van der Waals surface area contributed by atoms with E-state index in [1.807, 2.05) is 29.5 Å². The van der Waals surface area contributed by atoms with E-state index in [-0.39, 0.29) is 11.8 Å². The van der Waals surface area contributed by atoms with Crippen LogP contribution in [0.5, 0.6) is 0 Å². The van der Waals surface area contributed by atoms with Crippen LogP contribution in [0.15, 0.2) is 12.1 Å². The fourth-order valence-electron chi connectivity index (χ4n) is 3.62. The lowest BCUT2D eigenvalue weighted by molar-refractivity contribution is -0.126. The maximum Gasteiger partial charge on any atom is 0.246 e. The minimum absolute atomic E-state index is 0.00170. The summed E-state index contributed by atoms with van der Waals surface area (Å²) in [6.45, 7) is 13.9. The van der Waals surface area contributed by atoms with E-state index < -0.39 is 0 Å². The van der Waals surface area contributed by atoms with Crippen molar-refractivity contribution in [1.29, 1.82) is 0 Å². The Bertz CT molecular complexity index is 944. The van der Waals surface area contributed by atoms with E-state index >= 15 is 0 Å². The van der Waals surface area contributed by atoms with Crippen LogP contribution < -0.4 is 4.90 Å². The van der Waals surface area contributed by atoms with E-state index in [0.29, 0.717) is 18.2 Å². The maximum absolute atomic E-state index is 12.7. The minimum atomic E-state index is -0.00170. The van der Waals surface area contributed by atoms with E-state index in [1.54, 1.807) is 12.2 Å². The van der Waals surface area contributed by atoms with Crippen molar-refractivity contribution >= 4 is 29.4 Å². The minimum Gasteiger partial charge on any atom is -0.353 e. The average Bonchev–Trinajstić information content (AvgIpc) is 3.02. The highest BCUT2D eigenvalue weighted by atomic mass is 35.5. The van der Waals surface area contributed by atoms with Crippen molar-refractivity contribution in [2.75, 3.05) is 31.1 Å². The van der Waals surface area contributed by atoms with Gasteiger partial charge >= 0.3 is 0 Å². The Morgan fingerprint density at radius 2 is 1.90 bits per heavy atom. The van der Waals surface area contributed by atoms with Crippen LogP contribution in [-0.2, 0) is 11.3 Å². The third-order valence-corrected chi connectivity index (χ3v) is 5.91. The fraction of sp³-hybridized carbons (Fsp3) is 0.565. The first-order chi connectivity index (χ1) is 14.8. The van der Waals surface area contributed by atoms with Gasteiger partial charge in [0.25, 0.3) is 0 Å². The zero-order chi connectivity index (χ0) is 22.5. The highest BCUT2D eigenvalue weighted by Gasteiger charge is 2.22. The van der Waals surface area contributed by atoms with Gasteiger partial charge in [0.2, 0.25) is 5.91 Å². The number of piperazine rings is 1. The van der Waals surface area contributed by atoms with Crippen LogP contribution in [0.1, 0.15) is 62.3 Å². The summed E-state index contributed by atoms with van der Waals surface area (Å²) in [5.41, 5.74) is 2.64. The van der Waals surface area contributed by atoms with E-state index in [0.717, 1.165) is 61.1 Å². The number of aryl methyl sites for hydroxylation is 3. The maximum atomic E-state index is 12.7. The third-order valence-electron chi connectivity index (χ3n) is 5.52. The molecule has 0 aromatic carbocycles. The second-order valence-electron chi connectivity index (χ2n) is 8.39. The van der Waals surface area contributed by atoms with Gasteiger partial charge in [-0.2, -0.15) is 5.10 Å². The van der Waals surface area contributed by atoms with Crippen molar-refractivity contribution in [3.8, 4) is 0 Å². The second-order valence-corrected chi connectivity index (χ2v) is 8.75. The summed E-state index contributed by atoms with van der Waals surface area (Å²) in [6, 6.07) is 2.02. The molecule has 0 bridgehead atoms. The van der Waals surface area contributed by atoms with Crippen molar-refractivity contribution in [3.63, 3.8) is 0 Å². The van der Waals surface area contributed by atoms with Gasteiger partial charge in [-0.05, 0) is 26.3 Å². The van der Waals surface area contributed by atoms with Crippen molar-refractivity contribution in [3.05, 3.63) is 40.1 Å². The molecule has 1 aliphatic heterocycles. The summed E-state index contributed by atoms with van der Waals surface area (Å²) in [7, 11) is 0. The van der Waals surface area contributed by atoms with Crippen molar-refractivity contribution in [1.82, 2.24) is 24.6 Å². The molecule has 0 N–H and O–H groups in total. The number of carbonyl (C=O) groups excluding carboxylic acids is 1. The normalized spacial score (nSPS) is 14.8.